The highest BCUT2D eigenvalue weighted by Gasteiger charge is 2.31. The van der Waals surface area contributed by atoms with Gasteiger partial charge in [0.15, 0.2) is 9.84 Å². The molecule has 27 heavy (non-hydrogen) atoms. The van der Waals surface area contributed by atoms with Crippen molar-refractivity contribution in [2.75, 3.05) is 44.2 Å². The molecule has 1 unspecified atom stereocenters. The molecule has 1 heterocycles. The Morgan fingerprint density at radius 3 is 2.59 bits per heavy atom. The third-order valence-electron chi connectivity index (χ3n) is 4.24. The fourth-order valence-electron chi connectivity index (χ4n) is 2.76. The molecule has 2 rings (SSSR count). The Morgan fingerprint density at radius 2 is 2.07 bits per heavy atom. The lowest BCUT2D eigenvalue weighted by Crippen LogP contribution is -2.35. The summed E-state index contributed by atoms with van der Waals surface area (Å²) in [4.78, 5) is 14.1. The molecule has 1 atom stereocenters. The van der Waals surface area contributed by atoms with Crippen LogP contribution in [0.25, 0.3) is 0 Å². The molecule has 1 saturated heterocycles. The Balaban J connectivity index is 2.15. The summed E-state index contributed by atoms with van der Waals surface area (Å²) in [5.41, 5.74) is 0.417. The van der Waals surface area contributed by atoms with Gasteiger partial charge < -0.3 is 19.7 Å². The topological polar surface area (TPSA) is 109 Å². The molecule has 1 aliphatic heterocycles. The first-order valence-corrected chi connectivity index (χ1v) is 10.2. The predicted octanol–water partition coefficient (Wildman–Crippen LogP) is 1.18. The molecule has 0 spiro atoms. The fraction of sp³-hybridized carbons (Fsp3) is 0.444. The SMILES string of the molecule is COCCN(/C=C(/C#N)C(=O)Nc1ccc(OC)cc1)C1CCS(=O)(=O)C1. The highest BCUT2D eigenvalue weighted by Crippen LogP contribution is 2.20. The van der Waals surface area contributed by atoms with E-state index in [1.54, 1.807) is 36.3 Å². The van der Waals surface area contributed by atoms with E-state index >= 15 is 0 Å². The molecule has 1 aliphatic rings. The highest BCUT2D eigenvalue weighted by atomic mass is 32.2. The highest BCUT2D eigenvalue weighted by molar-refractivity contribution is 7.91. The maximum absolute atomic E-state index is 12.4. The van der Waals surface area contributed by atoms with Crippen LogP contribution in [0.15, 0.2) is 36.0 Å². The first kappa shape index (κ1) is 20.7. The monoisotopic (exact) mass is 393 g/mol. The average molecular weight is 393 g/mol. The molecular formula is C18H23N3O5S. The van der Waals surface area contributed by atoms with E-state index in [2.05, 4.69) is 5.32 Å². The van der Waals surface area contributed by atoms with Crippen molar-refractivity contribution < 1.29 is 22.7 Å². The average Bonchev–Trinajstić information content (AvgIpc) is 3.02. The molecule has 0 saturated carbocycles. The normalized spacial score (nSPS) is 18.6. The van der Waals surface area contributed by atoms with Gasteiger partial charge in [-0.1, -0.05) is 0 Å². The molecule has 1 amide bonds. The number of benzene rings is 1. The van der Waals surface area contributed by atoms with Crippen LogP contribution in [0.5, 0.6) is 5.75 Å². The first-order valence-electron chi connectivity index (χ1n) is 8.41. The van der Waals surface area contributed by atoms with Crippen molar-refractivity contribution in [3.05, 3.63) is 36.0 Å². The molecule has 0 aromatic heterocycles. The van der Waals surface area contributed by atoms with E-state index < -0.39 is 15.7 Å². The summed E-state index contributed by atoms with van der Waals surface area (Å²) in [6.45, 7) is 0.740. The van der Waals surface area contributed by atoms with Crippen LogP contribution in [0.3, 0.4) is 0 Å². The van der Waals surface area contributed by atoms with Gasteiger partial charge in [-0.15, -0.1) is 0 Å². The molecule has 0 radical (unpaired) electrons. The second-order valence-electron chi connectivity index (χ2n) is 6.12. The zero-order valence-electron chi connectivity index (χ0n) is 15.3. The molecule has 1 aromatic rings. The van der Waals surface area contributed by atoms with Gasteiger partial charge in [0.2, 0.25) is 0 Å². The van der Waals surface area contributed by atoms with Crippen molar-refractivity contribution in [2.45, 2.75) is 12.5 Å². The zero-order chi connectivity index (χ0) is 19.9. The summed E-state index contributed by atoms with van der Waals surface area (Å²) in [5.74, 6) is 0.198. The number of nitrogens with zero attached hydrogens (tertiary/aromatic N) is 2. The second-order valence-corrected chi connectivity index (χ2v) is 8.35. The van der Waals surface area contributed by atoms with E-state index in [1.807, 2.05) is 6.07 Å². The molecule has 8 nitrogen and oxygen atoms in total. The van der Waals surface area contributed by atoms with Gasteiger partial charge in [0.25, 0.3) is 5.91 Å². The molecular weight excluding hydrogens is 370 g/mol. The number of sulfone groups is 1. The van der Waals surface area contributed by atoms with E-state index in [9.17, 15) is 18.5 Å². The van der Waals surface area contributed by atoms with Crippen molar-refractivity contribution >= 4 is 21.4 Å². The summed E-state index contributed by atoms with van der Waals surface area (Å²) in [6.07, 6.45) is 1.88. The molecule has 146 valence electrons. The molecule has 1 fully saturated rings. The van der Waals surface area contributed by atoms with E-state index in [-0.39, 0.29) is 23.1 Å². The number of carbonyl (C=O) groups is 1. The van der Waals surface area contributed by atoms with Gasteiger partial charge in [-0.25, -0.2) is 8.42 Å². The molecule has 0 bridgehead atoms. The second kappa shape index (κ2) is 9.39. The maximum Gasteiger partial charge on any atom is 0.267 e. The zero-order valence-corrected chi connectivity index (χ0v) is 16.2. The number of amides is 1. The fourth-order valence-corrected chi connectivity index (χ4v) is 4.51. The van der Waals surface area contributed by atoms with Gasteiger partial charge in [0.1, 0.15) is 17.4 Å². The van der Waals surface area contributed by atoms with Gasteiger partial charge in [-0.2, -0.15) is 5.26 Å². The summed E-state index contributed by atoms with van der Waals surface area (Å²) in [6, 6.07) is 8.33. The summed E-state index contributed by atoms with van der Waals surface area (Å²) in [7, 11) is -0.0104. The summed E-state index contributed by atoms with van der Waals surface area (Å²) < 4.78 is 33.7. The van der Waals surface area contributed by atoms with Crippen LogP contribution in [0.1, 0.15) is 6.42 Å². The van der Waals surface area contributed by atoms with Crippen molar-refractivity contribution in [3.8, 4) is 11.8 Å². The molecule has 1 N–H and O–H groups in total. The number of hydrogen-bond acceptors (Lipinski definition) is 7. The van der Waals surface area contributed by atoms with Crippen molar-refractivity contribution in [2.24, 2.45) is 0 Å². The van der Waals surface area contributed by atoms with Crippen LogP contribution in [-0.4, -0.2) is 64.1 Å². The Bertz CT molecular complexity index is 828. The van der Waals surface area contributed by atoms with Crippen LogP contribution in [0, 0.1) is 11.3 Å². The third kappa shape index (κ3) is 5.98. The van der Waals surface area contributed by atoms with Crippen molar-refractivity contribution in [3.63, 3.8) is 0 Å². The molecule has 1 aromatic carbocycles. The van der Waals surface area contributed by atoms with Gasteiger partial charge in [0, 0.05) is 31.6 Å². The lowest BCUT2D eigenvalue weighted by Gasteiger charge is -2.26. The first-order chi connectivity index (χ1) is 12.9. The lowest BCUT2D eigenvalue weighted by molar-refractivity contribution is -0.112. The van der Waals surface area contributed by atoms with Crippen LogP contribution in [0.2, 0.25) is 0 Å². The van der Waals surface area contributed by atoms with Crippen LogP contribution >= 0.6 is 0 Å². The number of methoxy groups -OCH3 is 2. The van der Waals surface area contributed by atoms with Gasteiger partial charge in [0.05, 0.1) is 25.2 Å². The van der Waals surface area contributed by atoms with Crippen LogP contribution in [-0.2, 0) is 19.4 Å². The number of nitrogens with one attached hydrogen (secondary N) is 1. The van der Waals surface area contributed by atoms with E-state index in [0.717, 1.165) is 0 Å². The Morgan fingerprint density at radius 1 is 1.37 bits per heavy atom. The van der Waals surface area contributed by atoms with Crippen molar-refractivity contribution in [1.82, 2.24) is 4.90 Å². The minimum absolute atomic E-state index is 0.00597. The maximum atomic E-state index is 12.4. The number of anilines is 1. The summed E-state index contributed by atoms with van der Waals surface area (Å²) in [5, 5.41) is 12.1. The predicted molar refractivity (Wildman–Crippen MR) is 101 cm³/mol. The van der Waals surface area contributed by atoms with Gasteiger partial charge in [-0.3, -0.25) is 4.79 Å². The Labute approximate surface area is 159 Å². The number of carbonyl (C=O) groups excluding carboxylic acids is 1. The standard InChI is InChI=1S/C18H23N3O5S/c1-25-9-8-21(16-7-10-27(23,24)13-16)12-14(11-19)18(22)20-15-3-5-17(26-2)6-4-15/h3-6,12,16H,7-10,13H2,1-2H3,(H,20,22)/b14-12-. The van der Waals surface area contributed by atoms with Gasteiger partial charge >= 0.3 is 0 Å². The minimum atomic E-state index is -3.09. The van der Waals surface area contributed by atoms with Gasteiger partial charge in [-0.05, 0) is 30.7 Å². The Hall–Kier alpha value is -2.57. The summed E-state index contributed by atoms with van der Waals surface area (Å²) >= 11 is 0. The van der Waals surface area contributed by atoms with Crippen molar-refractivity contribution in [1.29, 1.82) is 5.26 Å². The molecule has 0 aliphatic carbocycles. The van der Waals surface area contributed by atoms with Crippen LogP contribution < -0.4 is 10.1 Å². The number of hydrogen-bond donors (Lipinski definition) is 1. The van der Waals surface area contributed by atoms with E-state index in [0.29, 0.717) is 31.0 Å². The lowest BCUT2D eigenvalue weighted by atomic mass is 10.2. The largest absolute Gasteiger partial charge is 0.497 e. The minimum Gasteiger partial charge on any atom is -0.497 e. The number of ether oxygens (including phenoxy) is 2. The molecule has 9 heteroatoms. The van der Waals surface area contributed by atoms with Crippen LogP contribution in [0.4, 0.5) is 5.69 Å². The third-order valence-corrected chi connectivity index (χ3v) is 5.99. The number of rotatable bonds is 8. The quantitative estimate of drug-likeness (QED) is 0.522. The Kier molecular flexibility index (Phi) is 7.21. The van der Waals surface area contributed by atoms with E-state index in [1.165, 1.54) is 13.3 Å². The van der Waals surface area contributed by atoms with E-state index in [4.69, 9.17) is 9.47 Å². The number of nitriles is 1. The smallest absolute Gasteiger partial charge is 0.267 e.